The van der Waals surface area contributed by atoms with E-state index in [9.17, 15) is 0 Å². The topological polar surface area (TPSA) is 0 Å². The second-order valence-corrected chi connectivity index (χ2v) is 0. The Labute approximate surface area is 76.0 Å². The van der Waals surface area contributed by atoms with E-state index in [0.29, 0.717) is 0 Å². The molecule has 0 rings (SSSR count). The average molecular weight is 303 g/mol. The molecular formula is FeMoNbNi. The quantitative estimate of drug-likeness (QED) is 0.552. The molecule has 4 heteroatoms. The molecule has 0 nitrogen and oxygen atoms in total. The van der Waals surface area contributed by atoms with Crippen LogP contribution in [-0.2, 0) is 77.0 Å². The first-order valence-electron chi connectivity index (χ1n) is 0. The SMILES string of the molecule is [Fe].[Mo].[Nb].[Ni]. The maximum atomic E-state index is 0. The predicted molar refractivity (Wildman–Crippen MR) is 0 cm³/mol. The minimum atomic E-state index is 0. The van der Waals surface area contributed by atoms with Crippen LogP contribution in [0.2, 0.25) is 0 Å². The largest absolute Gasteiger partial charge is 0 e. The van der Waals surface area contributed by atoms with Crippen molar-refractivity contribution in [3.05, 3.63) is 0 Å². The van der Waals surface area contributed by atoms with E-state index in [2.05, 4.69) is 0 Å². The molecule has 0 aromatic carbocycles. The van der Waals surface area contributed by atoms with E-state index < -0.39 is 0 Å². The zero-order chi connectivity index (χ0) is 0. The van der Waals surface area contributed by atoms with Gasteiger partial charge in [-0.15, -0.1) is 0 Å². The maximum absolute atomic E-state index is 0. The molecule has 0 saturated carbocycles. The molecule has 0 amide bonds. The van der Waals surface area contributed by atoms with Gasteiger partial charge >= 0.3 is 0 Å². The second-order valence-electron chi connectivity index (χ2n) is 0. The molecule has 0 aromatic rings. The first-order valence-corrected chi connectivity index (χ1v) is 0. The zero-order valence-electron chi connectivity index (χ0n) is 1.53. The van der Waals surface area contributed by atoms with Gasteiger partial charge in [0.25, 0.3) is 0 Å². The molecule has 0 fully saturated rings. The molecule has 0 heterocycles. The Morgan fingerprint density at radius 1 is 1.00 bits per heavy atom. The van der Waals surface area contributed by atoms with Crippen LogP contribution in [0, 0.1) is 0 Å². The van der Waals surface area contributed by atoms with E-state index in [0.717, 1.165) is 0 Å². The van der Waals surface area contributed by atoms with Gasteiger partial charge in [0.15, 0.2) is 0 Å². The molecule has 0 aliphatic heterocycles. The molecule has 0 aliphatic carbocycles. The smallest absolute Gasteiger partial charge is 0 e. The van der Waals surface area contributed by atoms with Gasteiger partial charge in [-0.2, -0.15) is 0 Å². The monoisotopic (exact) mass is 305 g/mol. The van der Waals surface area contributed by atoms with Gasteiger partial charge < -0.3 is 0 Å². The Kier molecular flexibility index (Phi) is 144. The molecule has 0 atom stereocenters. The summed E-state index contributed by atoms with van der Waals surface area (Å²) in [6.45, 7) is 0. The third kappa shape index (κ3) is 8.82. The van der Waals surface area contributed by atoms with E-state index in [1.165, 1.54) is 0 Å². The van der Waals surface area contributed by atoms with Crippen molar-refractivity contribution in [3.63, 3.8) is 0 Å². The van der Waals surface area contributed by atoms with Crippen LogP contribution in [-0.4, -0.2) is 0 Å². The molecule has 0 bridgehead atoms. The first-order chi connectivity index (χ1) is 0. The summed E-state index contributed by atoms with van der Waals surface area (Å²) < 4.78 is 0. The Morgan fingerprint density at radius 3 is 1.00 bits per heavy atom. The average Bonchev–Trinajstić information content (AvgIpc) is 0. The van der Waals surface area contributed by atoms with E-state index >= 15 is 0 Å². The van der Waals surface area contributed by atoms with Gasteiger partial charge in [0.2, 0.25) is 0 Å². The standard InChI is InChI=1S/Fe.Mo.Nb.Ni. The molecule has 0 aromatic heterocycles. The summed E-state index contributed by atoms with van der Waals surface area (Å²) >= 11 is 0. The van der Waals surface area contributed by atoms with Crippen molar-refractivity contribution < 1.29 is 77.0 Å². The molecule has 1 radical (unpaired) electrons. The zero-order valence-corrected chi connectivity index (χ0v) is 7.82. The van der Waals surface area contributed by atoms with Crippen molar-refractivity contribution in [2.24, 2.45) is 0 Å². The fourth-order valence-corrected chi connectivity index (χ4v) is 0. The number of hydrogen-bond acceptors (Lipinski definition) is 0. The van der Waals surface area contributed by atoms with Crippen LogP contribution in [0.3, 0.4) is 0 Å². The van der Waals surface area contributed by atoms with Crippen molar-refractivity contribution in [2.75, 3.05) is 0 Å². The summed E-state index contributed by atoms with van der Waals surface area (Å²) in [5.74, 6) is 0. The third-order valence-corrected chi connectivity index (χ3v) is 0. The Balaban J connectivity index is 0. The predicted octanol–water partition coefficient (Wildman–Crippen LogP) is -0.0100. The molecule has 0 aliphatic rings. The van der Waals surface area contributed by atoms with Crippen molar-refractivity contribution in [1.82, 2.24) is 0 Å². The number of rotatable bonds is 0. The van der Waals surface area contributed by atoms with Gasteiger partial charge in [0, 0.05) is 77.0 Å². The van der Waals surface area contributed by atoms with Crippen LogP contribution in [0.5, 0.6) is 0 Å². The van der Waals surface area contributed by atoms with Gasteiger partial charge in [-0.3, -0.25) is 0 Å². The van der Waals surface area contributed by atoms with Crippen LogP contribution in [0.25, 0.3) is 0 Å². The first kappa shape index (κ1) is 32.0. The van der Waals surface area contributed by atoms with Crippen molar-refractivity contribution in [3.8, 4) is 0 Å². The van der Waals surface area contributed by atoms with Gasteiger partial charge in [0.1, 0.15) is 0 Å². The van der Waals surface area contributed by atoms with Crippen molar-refractivity contribution in [1.29, 1.82) is 0 Å². The second kappa shape index (κ2) is 18.0. The Bertz CT molecular complexity index is 8.00. The minimum Gasteiger partial charge on any atom is 0 e. The molecule has 29 valence electrons. The van der Waals surface area contributed by atoms with Crippen molar-refractivity contribution in [2.45, 2.75) is 0 Å². The summed E-state index contributed by atoms with van der Waals surface area (Å²) in [7, 11) is 0. The molecular weight excluding hydrogens is 303 g/mol. The molecule has 0 N–H and O–H groups in total. The summed E-state index contributed by atoms with van der Waals surface area (Å²) in [5.41, 5.74) is 0. The van der Waals surface area contributed by atoms with Gasteiger partial charge in [-0.05, 0) is 0 Å². The fourth-order valence-electron chi connectivity index (χ4n) is 0. The molecule has 0 unspecified atom stereocenters. The molecule has 4 heavy (non-hydrogen) atoms. The Hall–Kier alpha value is 2.44. The van der Waals surface area contributed by atoms with Crippen molar-refractivity contribution >= 4 is 0 Å². The van der Waals surface area contributed by atoms with Gasteiger partial charge in [0.05, 0.1) is 0 Å². The van der Waals surface area contributed by atoms with Crippen LogP contribution in [0.4, 0.5) is 0 Å². The van der Waals surface area contributed by atoms with E-state index in [-0.39, 0.29) is 77.0 Å². The molecule has 0 saturated heterocycles. The fraction of sp³-hybridized carbons (Fsp3) is 0. The van der Waals surface area contributed by atoms with Crippen LogP contribution in [0.15, 0.2) is 0 Å². The third-order valence-electron chi connectivity index (χ3n) is 0. The summed E-state index contributed by atoms with van der Waals surface area (Å²) in [4.78, 5) is 0. The molecule has 0 spiro atoms. The van der Waals surface area contributed by atoms with Crippen LogP contribution >= 0.6 is 0 Å². The van der Waals surface area contributed by atoms with Gasteiger partial charge in [-0.25, -0.2) is 0 Å². The summed E-state index contributed by atoms with van der Waals surface area (Å²) in [5, 5.41) is 0. The van der Waals surface area contributed by atoms with Gasteiger partial charge in [-0.1, -0.05) is 0 Å². The Morgan fingerprint density at radius 2 is 1.00 bits per heavy atom. The summed E-state index contributed by atoms with van der Waals surface area (Å²) in [6, 6.07) is 0. The van der Waals surface area contributed by atoms with E-state index in [1.54, 1.807) is 0 Å². The van der Waals surface area contributed by atoms with E-state index in [1.807, 2.05) is 0 Å². The maximum Gasteiger partial charge on any atom is 0 e. The van der Waals surface area contributed by atoms with Crippen LogP contribution in [0.1, 0.15) is 0 Å². The van der Waals surface area contributed by atoms with E-state index in [4.69, 9.17) is 0 Å². The minimum absolute atomic E-state index is 0. The summed E-state index contributed by atoms with van der Waals surface area (Å²) in [6.07, 6.45) is 0. The number of hydrogen-bond donors (Lipinski definition) is 0. The normalized spacial score (nSPS) is 0. The van der Waals surface area contributed by atoms with Crippen LogP contribution < -0.4 is 0 Å².